The van der Waals surface area contributed by atoms with Crippen molar-refractivity contribution in [2.24, 2.45) is 0 Å². The summed E-state index contributed by atoms with van der Waals surface area (Å²) in [5.74, 6) is 2.19. The number of likely N-dealkylation sites (tertiary alicyclic amines) is 1. The van der Waals surface area contributed by atoms with Gasteiger partial charge < -0.3 is 18.8 Å². The first-order chi connectivity index (χ1) is 15.7. The van der Waals surface area contributed by atoms with E-state index in [0.29, 0.717) is 43.4 Å². The lowest BCUT2D eigenvalue weighted by molar-refractivity contribution is -0.132. The molecule has 3 heterocycles. The summed E-state index contributed by atoms with van der Waals surface area (Å²) in [4.78, 5) is 31.8. The van der Waals surface area contributed by atoms with Crippen LogP contribution in [0.4, 0.5) is 0 Å². The van der Waals surface area contributed by atoms with Crippen molar-refractivity contribution in [3.63, 3.8) is 0 Å². The number of rotatable bonds is 5. The number of ketones is 1. The Labute approximate surface area is 186 Å². The molecule has 0 atom stereocenters. The highest BCUT2D eigenvalue weighted by molar-refractivity contribution is 5.98. The van der Waals surface area contributed by atoms with E-state index in [1.807, 2.05) is 29.2 Å². The van der Waals surface area contributed by atoms with E-state index >= 15 is 0 Å². The monoisotopic (exact) mass is 434 g/mol. The molecule has 1 amide bonds. The normalized spacial score (nSPS) is 16.7. The molecule has 7 heteroatoms. The third-order valence-electron chi connectivity index (χ3n) is 6.14. The fraction of sp³-hybridized carbons (Fsp3) is 0.400. The minimum atomic E-state index is -0.0599. The molecule has 0 saturated carbocycles. The molecule has 0 aliphatic carbocycles. The Morgan fingerprint density at radius 2 is 1.75 bits per heavy atom. The van der Waals surface area contributed by atoms with E-state index in [-0.39, 0.29) is 30.4 Å². The Morgan fingerprint density at radius 3 is 2.56 bits per heavy atom. The number of amides is 1. The minimum Gasteiger partial charge on any atom is -0.490 e. The van der Waals surface area contributed by atoms with Crippen molar-refractivity contribution in [1.29, 1.82) is 0 Å². The Bertz CT molecular complexity index is 1100. The van der Waals surface area contributed by atoms with E-state index in [4.69, 9.17) is 13.9 Å². The molecule has 166 valence electrons. The average Bonchev–Trinajstić information content (AvgIpc) is 3.13. The molecule has 0 bridgehead atoms. The lowest BCUT2D eigenvalue weighted by atomic mass is 9.96. The van der Waals surface area contributed by atoms with Crippen molar-refractivity contribution in [2.45, 2.75) is 38.0 Å². The van der Waals surface area contributed by atoms with Gasteiger partial charge in [0.1, 0.15) is 5.52 Å². The van der Waals surface area contributed by atoms with Gasteiger partial charge in [-0.05, 0) is 43.2 Å². The number of fused-ring (bicyclic) bond motifs is 2. The van der Waals surface area contributed by atoms with Gasteiger partial charge in [0.15, 0.2) is 28.8 Å². The van der Waals surface area contributed by atoms with Crippen LogP contribution in [0.5, 0.6) is 11.5 Å². The quantitative estimate of drug-likeness (QED) is 0.555. The fourth-order valence-corrected chi connectivity index (χ4v) is 4.30. The van der Waals surface area contributed by atoms with E-state index in [2.05, 4.69) is 4.98 Å². The first kappa shape index (κ1) is 20.5. The maximum atomic E-state index is 12.7. The van der Waals surface area contributed by atoms with E-state index in [1.54, 1.807) is 18.2 Å². The zero-order valence-electron chi connectivity index (χ0n) is 17.9. The lowest BCUT2D eigenvalue weighted by Crippen LogP contribution is -2.38. The zero-order valence-corrected chi connectivity index (χ0v) is 17.9. The Kier molecular flexibility index (Phi) is 5.79. The number of nitrogens with zero attached hydrogens (tertiary/aromatic N) is 2. The number of oxazole rings is 1. The van der Waals surface area contributed by atoms with E-state index < -0.39 is 0 Å². The number of carbonyl (C=O) groups excluding carboxylic acids is 2. The SMILES string of the molecule is O=C(CCC(=O)N1CCC(c2nc3ccccc3o2)CC1)c1ccc2c(c1)OCCCO2. The molecule has 1 saturated heterocycles. The van der Waals surface area contributed by atoms with Gasteiger partial charge in [0.2, 0.25) is 5.91 Å². The standard InChI is InChI=1S/C25H26N2O5/c28-20(18-6-8-22-23(16-18)31-15-3-14-30-22)7-9-24(29)27-12-10-17(11-13-27)25-26-19-4-1-2-5-21(19)32-25/h1-2,4-6,8,16-17H,3,7,9-15H2. The molecule has 5 rings (SSSR count). The number of carbonyl (C=O) groups is 2. The van der Waals surface area contributed by atoms with Crippen molar-refractivity contribution in [1.82, 2.24) is 9.88 Å². The number of para-hydroxylation sites is 2. The molecule has 0 spiro atoms. The smallest absolute Gasteiger partial charge is 0.223 e. The highest BCUT2D eigenvalue weighted by Gasteiger charge is 2.27. The predicted octanol–water partition coefficient (Wildman–Crippen LogP) is 4.36. The highest BCUT2D eigenvalue weighted by atomic mass is 16.5. The molecule has 1 fully saturated rings. The van der Waals surface area contributed by atoms with Gasteiger partial charge in [0.05, 0.1) is 13.2 Å². The van der Waals surface area contributed by atoms with Crippen LogP contribution in [0.2, 0.25) is 0 Å². The van der Waals surface area contributed by atoms with Gasteiger partial charge in [-0.3, -0.25) is 9.59 Å². The van der Waals surface area contributed by atoms with Crippen LogP contribution < -0.4 is 9.47 Å². The Hall–Kier alpha value is -3.35. The first-order valence-electron chi connectivity index (χ1n) is 11.2. The van der Waals surface area contributed by atoms with Crippen LogP contribution >= 0.6 is 0 Å². The molecule has 2 aromatic carbocycles. The summed E-state index contributed by atoms with van der Waals surface area (Å²) in [6, 6.07) is 13.0. The summed E-state index contributed by atoms with van der Waals surface area (Å²) in [5.41, 5.74) is 2.22. The zero-order chi connectivity index (χ0) is 21.9. The molecule has 1 aromatic heterocycles. The number of ether oxygens (including phenoxy) is 2. The topological polar surface area (TPSA) is 81.9 Å². The fourth-order valence-electron chi connectivity index (χ4n) is 4.30. The van der Waals surface area contributed by atoms with E-state index in [1.165, 1.54) is 0 Å². The van der Waals surface area contributed by atoms with Gasteiger partial charge in [-0.15, -0.1) is 0 Å². The van der Waals surface area contributed by atoms with E-state index in [9.17, 15) is 9.59 Å². The first-order valence-corrected chi connectivity index (χ1v) is 11.2. The molecule has 2 aliphatic heterocycles. The summed E-state index contributed by atoms with van der Waals surface area (Å²) in [7, 11) is 0. The van der Waals surface area contributed by atoms with Gasteiger partial charge in [-0.2, -0.15) is 0 Å². The molecular formula is C25H26N2O5. The largest absolute Gasteiger partial charge is 0.490 e. The third-order valence-corrected chi connectivity index (χ3v) is 6.14. The highest BCUT2D eigenvalue weighted by Crippen LogP contribution is 2.32. The maximum Gasteiger partial charge on any atom is 0.223 e. The summed E-state index contributed by atoms with van der Waals surface area (Å²) in [6.45, 7) is 2.49. The molecule has 2 aliphatic rings. The molecular weight excluding hydrogens is 408 g/mol. The van der Waals surface area contributed by atoms with Crippen molar-refractivity contribution >= 4 is 22.8 Å². The van der Waals surface area contributed by atoms with Gasteiger partial charge in [0.25, 0.3) is 0 Å². The number of Topliss-reactive ketones (excluding diaryl/α,β-unsaturated/α-hetero) is 1. The Balaban J connectivity index is 1.13. The average molecular weight is 434 g/mol. The van der Waals surface area contributed by atoms with Crippen molar-refractivity contribution < 1.29 is 23.5 Å². The van der Waals surface area contributed by atoms with Gasteiger partial charge >= 0.3 is 0 Å². The number of aromatic nitrogens is 1. The minimum absolute atomic E-state index is 0.0173. The number of benzene rings is 2. The molecule has 0 N–H and O–H groups in total. The number of hydrogen-bond acceptors (Lipinski definition) is 6. The molecule has 0 radical (unpaired) electrons. The van der Waals surface area contributed by atoms with Crippen LogP contribution in [-0.4, -0.2) is 47.9 Å². The predicted molar refractivity (Wildman–Crippen MR) is 118 cm³/mol. The van der Waals surface area contributed by atoms with Crippen LogP contribution in [0.15, 0.2) is 46.9 Å². The van der Waals surface area contributed by atoms with Gasteiger partial charge in [0, 0.05) is 43.8 Å². The van der Waals surface area contributed by atoms with Gasteiger partial charge in [-0.25, -0.2) is 4.98 Å². The van der Waals surface area contributed by atoms with Crippen LogP contribution in [0, 0.1) is 0 Å². The summed E-state index contributed by atoms with van der Waals surface area (Å²) < 4.78 is 17.2. The maximum absolute atomic E-state index is 12.7. The summed E-state index contributed by atoms with van der Waals surface area (Å²) in [6.07, 6.45) is 2.84. The second-order valence-electron chi connectivity index (χ2n) is 8.31. The molecule has 32 heavy (non-hydrogen) atoms. The number of piperidine rings is 1. The number of hydrogen-bond donors (Lipinski definition) is 0. The second kappa shape index (κ2) is 9.02. The van der Waals surface area contributed by atoms with Gasteiger partial charge in [-0.1, -0.05) is 12.1 Å². The third kappa shape index (κ3) is 4.33. The van der Waals surface area contributed by atoms with Crippen LogP contribution in [0.25, 0.3) is 11.1 Å². The Morgan fingerprint density at radius 1 is 0.969 bits per heavy atom. The van der Waals surface area contributed by atoms with Crippen LogP contribution in [-0.2, 0) is 4.79 Å². The summed E-state index contributed by atoms with van der Waals surface area (Å²) >= 11 is 0. The van der Waals surface area contributed by atoms with Crippen molar-refractivity contribution in [2.75, 3.05) is 26.3 Å². The lowest BCUT2D eigenvalue weighted by Gasteiger charge is -2.30. The van der Waals surface area contributed by atoms with Crippen LogP contribution in [0.1, 0.15) is 54.3 Å². The second-order valence-corrected chi connectivity index (χ2v) is 8.31. The summed E-state index contributed by atoms with van der Waals surface area (Å²) in [5, 5.41) is 0. The molecule has 3 aromatic rings. The van der Waals surface area contributed by atoms with Crippen molar-refractivity contribution in [3.8, 4) is 11.5 Å². The van der Waals surface area contributed by atoms with Crippen molar-refractivity contribution in [3.05, 3.63) is 53.9 Å². The van der Waals surface area contributed by atoms with Crippen LogP contribution in [0.3, 0.4) is 0 Å². The molecule has 7 nitrogen and oxygen atoms in total. The van der Waals surface area contributed by atoms with E-state index in [0.717, 1.165) is 36.3 Å². The molecule has 0 unspecified atom stereocenters.